The molecule has 0 unspecified atom stereocenters. The number of aliphatic hydroxyl groups excluding tert-OH is 1. The minimum atomic E-state index is -0.0520. The molecule has 0 aliphatic heterocycles. The molecule has 6 heteroatoms. The molecule has 0 aliphatic rings. The summed E-state index contributed by atoms with van der Waals surface area (Å²) in [4.78, 5) is 3.94. The van der Waals surface area contributed by atoms with Gasteiger partial charge in [-0.05, 0) is 29.8 Å². The van der Waals surface area contributed by atoms with E-state index in [0.29, 0.717) is 21.8 Å². The molecular weight excluding hydrogens is 301 g/mol. The molecule has 20 heavy (non-hydrogen) atoms. The fraction of sp³-hybridized carbons (Fsp3) is 0.214. The maximum absolute atomic E-state index is 9.08. The summed E-state index contributed by atoms with van der Waals surface area (Å²) in [5.74, 6) is 1.12. The predicted octanol–water partition coefficient (Wildman–Crippen LogP) is 3.47. The number of hydrogen-bond acceptors (Lipinski definition) is 4. The van der Waals surface area contributed by atoms with Gasteiger partial charge < -0.3 is 14.6 Å². The lowest BCUT2D eigenvalue weighted by atomic mass is 10.2. The lowest BCUT2D eigenvalue weighted by Gasteiger charge is -2.12. The highest BCUT2D eigenvalue weighted by Gasteiger charge is 2.08. The topological polar surface area (TPSA) is 51.6 Å². The second-order valence-corrected chi connectivity index (χ2v) is 4.76. The van der Waals surface area contributed by atoms with Crippen LogP contribution in [-0.4, -0.2) is 17.2 Å². The molecule has 4 nitrogen and oxygen atoms in total. The number of nitrogens with zero attached hydrogens (tertiary/aromatic N) is 1. The van der Waals surface area contributed by atoms with Crippen molar-refractivity contribution in [2.24, 2.45) is 0 Å². The molecule has 1 heterocycles. The van der Waals surface area contributed by atoms with Crippen molar-refractivity contribution < 1.29 is 14.6 Å². The molecule has 0 aliphatic carbocycles. The van der Waals surface area contributed by atoms with Crippen LogP contribution in [0.5, 0.6) is 11.5 Å². The van der Waals surface area contributed by atoms with Crippen LogP contribution in [-0.2, 0) is 13.2 Å². The van der Waals surface area contributed by atoms with E-state index >= 15 is 0 Å². The van der Waals surface area contributed by atoms with Crippen LogP contribution in [0.4, 0.5) is 0 Å². The molecule has 0 bridgehead atoms. The third kappa shape index (κ3) is 3.54. The molecule has 0 fully saturated rings. The number of halogens is 2. The van der Waals surface area contributed by atoms with E-state index in [1.165, 1.54) is 0 Å². The molecule has 106 valence electrons. The van der Waals surface area contributed by atoms with E-state index in [0.717, 1.165) is 11.1 Å². The Morgan fingerprint density at radius 2 is 1.95 bits per heavy atom. The average Bonchev–Trinajstić information content (AvgIpc) is 2.46. The van der Waals surface area contributed by atoms with Gasteiger partial charge in [-0.25, -0.2) is 4.98 Å². The minimum Gasteiger partial charge on any atom is -0.493 e. The van der Waals surface area contributed by atoms with Crippen LogP contribution in [0.2, 0.25) is 10.3 Å². The molecule has 2 aromatic rings. The molecule has 0 radical (unpaired) electrons. The summed E-state index contributed by atoms with van der Waals surface area (Å²) >= 11 is 11.7. The Hall–Kier alpha value is -1.49. The zero-order valence-corrected chi connectivity index (χ0v) is 12.3. The van der Waals surface area contributed by atoms with Crippen molar-refractivity contribution in [1.82, 2.24) is 4.98 Å². The number of ether oxygens (including phenoxy) is 2. The maximum atomic E-state index is 9.08. The van der Waals surface area contributed by atoms with Crippen LogP contribution in [0.3, 0.4) is 0 Å². The normalized spacial score (nSPS) is 10.4. The highest BCUT2D eigenvalue weighted by Crippen LogP contribution is 2.29. The molecule has 1 aromatic heterocycles. The highest BCUT2D eigenvalue weighted by molar-refractivity contribution is 6.32. The van der Waals surface area contributed by atoms with E-state index in [-0.39, 0.29) is 13.2 Å². The van der Waals surface area contributed by atoms with Crippen LogP contribution >= 0.6 is 23.2 Å². The maximum Gasteiger partial charge on any atom is 0.161 e. The van der Waals surface area contributed by atoms with E-state index < -0.39 is 0 Å². The number of rotatable bonds is 5. The first-order chi connectivity index (χ1) is 9.63. The lowest BCUT2D eigenvalue weighted by Crippen LogP contribution is -2.00. The third-order valence-electron chi connectivity index (χ3n) is 2.69. The first-order valence-electron chi connectivity index (χ1n) is 5.85. The van der Waals surface area contributed by atoms with Crippen molar-refractivity contribution >= 4 is 23.2 Å². The summed E-state index contributed by atoms with van der Waals surface area (Å²) in [5.41, 5.74) is 1.48. The lowest BCUT2D eigenvalue weighted by molar-refractivity contribution is 0.274. The van der Waals surface area contributed by atoms with E-state index in [9.17, 15) is 0 Å². The van der Waals surface area contributed by atoms with Gasteiger partial charge in [0.15, 0.2) is 11.5 Å². The minimum absolute atomic E-state index is 0.0520. The van der Waals surface area contributed by atoms with Crippen LogP contribution in [0.25, 0.3) is 0 Å². The van der Waals surface area contributed by atoms with Gasteiger partial charge in [-0.15, -0.1) is 0 Å². The average molecular weight is 314 g/mol. The number of pyridine rings is 1. The van der Waals surface area contributed by atoms with Gasteiger partial charge in [0, 0.05) is 5.56 Å². The summed E-state index contributed by atoms with van der Waals surface area (Å²) in [6.07, 6.45) is 0. The third-order valence-corrected chi connectivity index (χ3v) is 3.22. The molecule has 2 rings (SSSR count). The Morgan fingerprint density at radius 3 is 2.60 bits per heavy atom. The summed E-state index contributed by atoms with van der Waals surface area (Å²) in [7, 11) is 1.54. The fourth-order valence-electron chi connectivity index (χ4n) is 1.63. The molecule has 0 saturated carbocycles. The highest BCUT2D eigenvalue weighted by atomic mass is 35.5. The molecule has 0 atom stereocenters. The summed E-state index contributed by atoms with van der Waals surface area (Å²) in [6, 6.07) is 8.63. The Kier molecular flexibility index (Phi) is 5.06. The van der Waals surface area contributed by atoms with Crippen molar-refractivity contribution in [1.29, 1.82) is 0 Å². The second-order valence-electron chi connectivity index (χ2n) is 4.02. The monoisotopic (exact) mass is 313 g/mol. The number of benzene rings is 1. The molecule has 1 N–H and O–H groups in total. The summed E-state index contributed by atoms with van der Waals surface area (Å²) in [6.45, 7) is 0.196. The number of hydrogen-bond donors (Lipinski definition) is 1. The number of aromatic nitrogens is 1. The first kappa shape index (κ1) is 14.9. The van der Waals surface area contributed by atoms with E-state index in [4.69, 9.17) is 37.8 Å². The van der Waals surface area contributed by atoms with Crippen molar-refractivity contribution in [2.45, 2.75) is 13.2 Å². The second kappa shape index (κ2) is 6.79. The quantitative estimate of drug-likeness (QED) is 0.859. The van der Waals surface area contributed by atoms with Crippen LogP contribution in [0, 0.1) is 0 Å². The van der Waals surface area contributed by atoms with Gasteiger partial charge in [0.1, 0.15) is 16.9 Å². The van der Waals surface area contributed by atoms with Crippen molar-refractivity contribution in [2.75, 3.05) is 7.11 Å². The van der Waals surface area contributed by atoms with Gasteiger partial charge in [-0.3, -0.25) is 0 Å². The summed E-state index contributed by atoms with van der Waals surface area (Å²) < 4.78 is 10.9. The Labute approximate surface area is 126 Å². The van der Waals surface area contributed by atoms with Gasteiger partial charge in [-0.1, -0.05) is 29.3 Å². The van der Waals surface area contributed by atoms with Crippen LogP contribution in [0.1, 0.15) is 11.1 Å². The fourth-order valence-corrected chi connectivity index (χ4v) is 2.03. The molecule has 0 amide bonds. The molecule has 0 spiro atoms. The molecular formula is C14H13Cl2NO3. The first-order valence-corrected chi connectivity index (χ1v) is 6.61. The molecule has 0 saturated heterocycles. The van der Waals surface area contributed by atoms with E-state index in [1.54, 1.807) is 37.4 Å². The largest absolute Gasteiger partial charge is 0.493 e. The van der Waals surface area contributed by atoms with Gasteiger partial charge >= 0.3 is 0 Å². The van der Waals surface area contributed by atoms with Crippen LogP contribution < -0.4 is 9.47 Å². The Bertz CT molecular complexity index is 605. The van der Waals surface area contributed by atoms with Gasteiger partial charge in [0.05, 0.1) is 13.7 Å². The Balaban J connectivity index is 2.14. The van der Waals surface area contributed by atoms with Gasteiger partial charge in [0.2, 0.25) is 0 Å². The van der Waals surface area contributed by atoms with Crippen molar-refractivity contribution in [3.8, 4) is 11.5 Å². The van der Waals surface area contributed by atoms with Crippen molar-refractivity contribution in [3.63, 3.8) is 0 Å². The summed E-state index contributed by atoms with van der Waals surface area (Å²) in [5, 5.41) is 9.73. The zero-order chi connectivity index (χ0) is 14.5. The van der Waals surface area contributed by atoms with Gasteiger partial charge in [-0.2, -0.15) is 0 Å². The van der Waals surface area contributed by atoms with Crippen LogP contribution in [0.15, 0.2) is 30.3 Å². The van der Waals surface area contributed by atoms with E-state index in [2.05, 4.69) is 4.98 Å². The molecule has 1 aromatic carbocycles. The van der Waals surface area contributed by atoms with Gasteiger partial charge in [0.25, 0.3) is 0 Å². The number of methoxy groups -OCH3 is 1. The smallest absolute Gasteiger partial charge is 0.161 e. The standard InChI is InChI=1S/C14H13Cl2NO3/c1-19-12-6-9(7-18)2-4-11(12)20-8-10-3-5-13(15)17-14(10)16/h2-6,18H,7-8H2,1H3. The van der Waals surface area contributed by atoms with E-state index in [1.807, 2.05) is 0 Å². The van der Waals surface area contributed by atoms with Crippen molar-refractivity contribution in [3.05, 3.63) is 51.8 Å². The number of aliphatic hydroxyl groups is 1. The predicted molar refractivity (Wildman–Crippen MR) is 77.5 cm³/mol. The SMILES string of the molecule is COc1cc(CO)ccc1OCc1ccc(Cl)nc1Cl. The zero-order valence-electron chi connectivity index (χ0n) is 10.8. The Morgan fingerprint density at radius 1 is 1.15 bits per heavy atom.